The summed E-state index contributed by atoms with van der Waals surface area (Å²) in [5.74, 6) is 0.163. The standard InChI is InChI=1S/C14H19N3O/c1-2-15-7-9-16(10-8-15)17-11-12-5-3-4-6-13(12)14(17)18/h3-6H,2,7-11H2,1H3. The topological polar surface area (TPSA) is 26.8 Å². The number of carbonyl (C=O) groups is 1. The van der Waals surface area contributed by atoms with E-state index in [1.807, 2.05) is 23.2 Å². The number of piperazine rings is 1. The van der Waals surface area contributed by atoms with Crippen LogP contribution in [-0.4, -0.2) is 53.5 Å². The average molecular weight is 245 g/mol. The first-order valence-electron chi connectivity index (χ1n) is 6.66. The largest absolute Gasteiger partial charge is 0.301 e. The van der Waals surface area contributed by atoms with E-state index in [0.717, 1.165) is 50.4 Å². The molecule has 0 unspecified atom stereocenters. The van der Waals surface area contributed by atoms with E-state index in [1.165, 1.54) is 0 Å². The van der Waals surface area contributed by atoms with E-state index in [2.05, 4.69) is 22.9 Å². The SMILES string of the molecule is CCN1CCN(N2Cc3ccccc3C2=O)CC1. The maximum atomic E-state index is 12.3. The van der Waals surface area contributed by atoms with Gasteiger partial charge in [-0.05, 0) is 18.2 Å². The Labute approximate surface area is 108 Å². The summed E-state index contributed by atoms with van der Waals surface area (Å²) >= 11 is 0. The van der Waals surface area contributed by atoms with Crippen LogP contribution < -0.4 is 0 Å². The molecule has 4 nitrogen and oxygen atoms in total. The van der Waals surface area contributed by atoms with Gasteiger partial charge in [0.1, 0.15) is 0 Å². The predicted octanol–water partition coefficient (Wildman–Crippen LogP) is 1.19. The van der Waals surface area contributed by atoms with Crippen LogP contribution in [0.5, 0.6) is 0 Å². The number of likely N-dealkylation sites (N-methyl/N-ethyl adjacent to an activating group) is 1. The minimum absolute atomic E-state index is 0.163. The zero-order valence-corrected chi connectivity index (χ0v) is 10.8. The molecule has 0 spiro atoms. The lowest BCUT2D eigenvalue weighted by molar-refractivity contribution is -0.0363. The number of nitrogens with zero attached hydrogens (tertiary/aromatic N) is 3. The Bertz CT molecular complexity index is 452. The molecule has 2 aliphatic rings. The van der Waals surface area contributed by atoms with Crippen LogP contribution in [-0.2, 0) is 6.54 Å². The van der Waals surface area contributed by atoms with Crippen LogP contribution in [0.4, 0.5) is 0 Å². The number of carbonyl (C=O) groups excluding carboxylic acids is 1. The number of amides is 1. The van der Waals surface area contributed by atoms with Crippen LogP contribution in [0.25, 0.3) is 0 Å². The lowest BCUT2D eigenvalue weighted by Gasteiger charge is -2.38. The summed E-state index contributed by atoms with van der Waals surface area (Å²) in [6, 6.07) is 7.93. The molecule has 1 aromatic rings. The molecule has 1 saturated heterocycles. The zero-order valence-electron chi connectivity index (χ0n) is 10.8. The summed E-state index contributed by atoms with van der Waals surface area (Å²) in [5, 5.41) is 4.12. The van der Waals surface area contributed by atoms with E-state index < -0.39 is 0 Å². The molecule has 0 aromatic heterocycles. The minimum Gasteiger partial charge on any atom is -0.301 e. The van der Waals surface area contributed by atoms with Gasteiger partial charge in [0, 0.05) is 31.7 Å². The number of benzene rings is 1. The zero-order chi connectivity index (χ0) is 12.5. The summed E-state index contributed by atoms with van der Waals surface area (Å²) < 4.78 is 0. The summed E-state index contributed by atoms with van der Waals surface area (Å²) in [4.78, 5) is 14.7. The average Bonchev–Trinajstić information content (AvgIpc) is 2.77. The third-order valence-electron chi connectivity index (χ3n) is 3.94. The molecule has 1 aromatic carbocycles. The summed E-state index contributed by atoms with van der Waals surface area (Å²) in [7, 11) is 0. The lowest BCUT2D eigenvalue weighted by Crippen LogP contribution is -2.53. The van der Waals surface area contributed by atoms with E-state index in [1.54, 1.807) is 0 Å². The Hall–Kier alpha value is -1.39. The molecule has 2 aliphatic heterocycles. The van der Waals surface area contributed by atoms with Gasteiger partial charge in [0.05, 0.1) is 6.54 Å². The van der Waals surface area contributed by atoms with E-state index >= 15 is 0 Å². The van der Waals surface area contributed by atoms with Crippen LogP contribution in [0.2, 0.25) is 0 Å². The molecule has 0 bridgehead atoms. The van der Waals surface area contributed by atoms with Crippen molar-refractivity contribution >= 4 is 5.91 Å². The summed E-state index contributed by atoms with van der Waals surface area (Å²) in [5.41, 5.74) is 2.02. The second kappa shape index (κ2) is 4.71. The quantitative estimate of drug-likeness (QED) is 0.783. The molecular formula is C14H19N3O. The van der Waals surface area contributed by atoms with Gasteiger partial charge in [-0.2, -0.15) is 0 Å². The van der Waals surface area contributed by atoms with Gasteiger partial charge in [0.2, 0.25) is 0 Å². The molecule has 2 heterocycles. The maximum Gasteiger partial charge on any atom is 0.268 e. The van der Waals surface area contributed by atoms with Crippen LogP contribution in [0, 0.1) is 0 Å². The predicted molar refractivity (Wildman–Crippen MR) is 70.0 cm³/mol. The smallest absolute Gasteiger partial charge is 0.268 e. The normalized spacial score (nSPS) is 21.4. The molecular weight excluding hydrogens is 226 g/mol. The highest BCUT2D eigenvalue weighted by Gasteiger charge is 2.32. The molecule has 0 saturated carbocycles. The molecule has 1 fully saturated rings. The summed E-state index contributed by atoms with van der Waals surface area (Å²) in [6.45, 7) is 8.03. The monoisotopic (exact) mass is 245 g/mol. The van der Waals surface area contributed by atoms with Crippen LogP contribution in [0.3, 0.4) is 0 Å². The maximum absolute atomic E-state index is 12.3. The van der Waals surface area contributed by atoms with Gasteiger partial charge in [-0.1, -0.05) is 25.1 Å². The number of fused-ring (bicyclic) bond motifs is 1. The van der Waals surface area contributed by atoms with E-state index in [0.29, 0.717) is 0 Å². The molecule has 0 N–H and O–H groups in total. The van der Waals surface area contributed by atoms with E-state index in [9.17, 15) is 4.79 Å². The minimum atomic E-state index is 0.163. The Morgan fingerprint density at radius 1 is 1.11 bits per heavy atom. The van der Waals surface area contributed by atoms with Crippen molar-refractivity contribution in [2.45, 2.75) is 13.5 Å². The van der Waals surface area contributed by atoms with E-state index in [-0.39, 0.29) is 5.91 Å². The molecule has 0 aliphatic carbocycles. The second-order valence-electron chi connectivity index (χ2n) is 4.91. The first-order chi connectivity index (χ1) is 8.79. The molecule has 4 heteroatoms. The highest BCUT2D eigenvalue weighted by atomic mass is 16.2. The highest BCUT2D eigenvalue weighted by Crippen LogP contribution is 2.24. The van der Waals surface area contributed by atoms with Gasteiger partial charge in [0.25, 0.3) is 5.91 Å². The van der Waals surface area contributed by atoms with Crippen molar-refractivity contribution in [2.75, 3.05) is 32.7 Å². The molecule has 0 atom stereocenters. The first kappa shape index (κ1) is 11.7. The third kappa shape index (κ3) is 1.91. The molecule has 0 radical (unpaired) electrons. The Balaban J connectivity index is 1.71. The second-order valence-corrected chi connectivity index (χ2v) is 4.91. The highest BCUT2D eigenvalue weighted by molar-refractivity contribution is 5.97. The van der Waals surface area contributed by atoms with Crippen LogP contribution in [0.15, 0.2) is 24.3 Å². The summed E-state index contributed by atoms with van der Waals surface area (Å²) in [6.07, 6.45) is 0. The third-order valence-corrected chi connectivity index (χ3v) is 3.94. The molecule has 18 heavy (non-hydrogen) atoms. The van der Waals surface area contributed by atoms with Gasteiger partial charge >= 0.3 is 0 Å². The first-order valence-corrected chi connectivity index (χ1v) is 6.66. The van der Waals surface area contributed by atoms with Gasteiger partial charge in [0.15, 0.2) is 0 Å². The van der Waals surface area contributed by atoms with Crippen molar-refractivity contribution in [1.82, 2.24) is 14.9 Å². The Kier molecular flexibility index (Phi) is 3.06. The van der Waals surface area contributed by atoms with Crippen molar-refractivity contribution in [3.8, 4) is 0 Å². The fraction of sp³-hybridized carbons (Fsp3) is 0.500. The van der Waals surface area contributed by atoms with Crippen molar-refractivity contribution in [2.24, 2.45) is 0 Å². The van der Waals surface area contributed by atoms with Gasteiger partial charge in [-0.3, -0.25) is 9.80 Å². The number of rotatable bonds is 2. The molecule has 1 amide bonds. The van der Waals surface area contributed by atoms with Crippen molar-refractivity contribution < 1.29 is 4.79 Å². The lowest BCUT2D eigenvalue weighted by atomic mass is 10.1. The molecule has 96 valence electrons. The van der Waals surface area contributed by atoms with Crippen molar-refractivity contribution in [3.05, 3.63) is 35.4 Å². The Morgan fingerprint density at radius 2 is 1.83 bits per heavy atom. The number of hydrogen-bond donors (Lipinski definition) is 0. The van der Waals surface area contributed by atoms with E-state index in [4.69, 9.17) is 0 Å². The van der Waals surface area contributed by atoms with Crippen LogP contribution in [0.1, 0.15) is 22.8 Å². The van der Waals surface area contributed by atoms with Crippen molar-refractivity contribution in [3.63, 3.8) is 0 Å². The number of hydrogen-bond acceptors (Lipinski definition) is 3. The van der Waals surface area contributed by atoms with Crippen LogP contribution >= 0.6 is 0 Å². The molecule has 3 rings (SSSR count). The number of hydrazine groups is 1. The Morgan fingerprint density at radius 3 is 2.50 bits per heavy atom. The van der Waals surface area contributed by atoms with Gasteiger partial charge in [-0.15, -0.1) is 0 Å². The fourth-order valence-electron chi connectivity index (χ4n) is 2.76. The van der Waals surface area contributed by atoms with Gasteiger partial charge in [-0.25, -0.2) is 5.01 Å². The van der Waals surface area contributed by atoms with Gasteiger partial charge < -0.3 is 4.90 Å². The fourth-order valence-corrected chi connectivity index (χ4v) is 2.76. The van der Waals surface area contributed by atoms with Crippen molar-refractivity contribution in [1.29, 1.82) is 0 Å².